The van der Waals surface area contributed by atoms with Crippen LogP contribution in [-0.2, 0) is 16.6 Å². The molecule has 4 rings (SSSR count). The van der Waals surface area contributed by atoms with Crippen molar-refractivity contribution in [3.05, 3.63) is 53.6 Å². The van der Waals surface area contributed by atoms with Gasteiger partial charge in [-0.05, 0) is 59.9 Å². The second-order valence-electron chi connectivity index (χ2n) is 7.18. The molecular formula is C21H23NOS. The number of amides is 1. The van der Waals surface area contributed by atoms with Crippen molar-refractivity contribution in [1.29, 1.82) is 0 Å². The van der Waals surface area contributed by atoms with Crippen LogP contribution < -0.4 is 5.32 Å². The summed E-state index contributed by atoms with van der Waals surface area (Å²) in [5.41, 5.74) is 5.55. The number of fused-ring (bicyclic) bond motifs is 3. The molecule has 2 aromatic carbocycles. The van der Waals surface area contributed by atoms with Crippen LogP contribution in [0.15, 0.2) is 47.4 Å². The molecule has 1 N–H and O–H groups in total. The van der Waals surface area contributed by atoms with E-state index in [-0.39, 0.29) is 17.4 Å². The highest BCUT2D eigenvalue weighted by atomic mass is 32.2. The van der Waals surface area contributed by atoms with Crippen LogP contribution >= 0.6 is 11.8 Å². The van der Waals surface area contributed by atoms with E-state index in [0.717, 1.165) is 19.3 Å². The van der Waals surface area contributed by atoms with Crippen molar-refractivity contribution in [2.45, 2.75) is 49.0 Å². The van der Waals surface area contributed by atoms with Gasteiger partial charge in [0.05, 0.1) is 0 Å². The lowest BCUT2D eigenvalue weighted by Gasteiger charge is -2.46. The second-order valence-corrected chi connectivity index (χ2v) is 8.06. The molecule has 3 heteroatoms. The van der Waals surface area contributed by atoms with Crippen LogP contribution in [0.3, 0.4) is 0 Å². The number of carbonyl (C=O) groups is 1. The van der Waals surface area contributed by atoms with Gasteiger partial charge < -0.3 is 5.32 Å². The first-order chi connectivity index (χ1) is 11.6. The van der Waals surface area contributed by atoms with Gasteiger partial charge in [0, 0.05) is 22.8 Å². The maximum absolute atomic E-state index is 11.8. The molecule has 2 atom stereocenters. The molecule has 1 fully saturated rings. The summed E-state index contributed by atoms with van der Waals surface area (Å²) in [6, 6.07) is 16.0. The van der Waals surface area contributed by atoms with Gasteiger partial charge >= 0.3 is 0 Å². The number of benzene rings is 2. The molecule has 0 spiro atoms. The minimum atomic E-state index is 0.0860. The molecule has 1 heterocycles. The van der Waals surface area contributed by atoms with Crippen molar-refractivity contribution < 1.29 is 4.79 Å². The summed E-state index contributed by atoms with van der Waals surface area (Å²) in [5, 5.41) is 3.22. The number of nitrogens with one attached hydrogen (secondary N) is 1. The molecule has 2 nitrogen and oxygen atoms in total. The first-order valence-electron chi connectivity index (χ1n) is 8.67. The molecule has 0 radical (unpaired) electrons. The summed E-state index contributed by atoms with van der Waals surface area (Å²) >= 11 is 1.77. The Morgan fingerprint density at radius 1 is 1.08 bits per heavy atom. The zero-order valence-electron chi connectivity index (χ0n) is 14.3. The van der Waals surface area contributed by atoms with Crippen LogP contribution in [0.25, 0.3) is 11.1 Å². The van der Waals surface area contributed by atoms with E-state index in [0.29, 0.717) is 6.42 Å². The molecule has 0 aromatic heterocycles. The minimum absolute atomic E-state index is 0.0860. The fourth-order valence-corrected chi connectivity index (χ4v) is 4.72. The summed E-state index contributed by atoms with van der Waals surface area (Å²) in [5.74, 6) is 0.214. The van der Waals surface area contributed by atoms with Gasteiger partial charge in [-0.2, -0.15) is 0 Å². The Morgan fingerprint density at radius 3 is 2.58 bits per heavy atom. The van der Waals surface area contributed by atoms with Crippen LogP contribution in [-0.4, -0.2) is 18.2 Å². The minimum Gasteiger partial charge on any atom is -0.352 e. The van der Waals surface area contributed by atoms with E-state index in [9.17, 15) is 4.79 Å². The van der Waals surface area contributed by atoms with Gasteiger partial charge in [0.1, 0.15) is 0 Å². The smallest absolute Gasteiger partial charge is 0.220 e. The summed E-state index contributed by atoms with van der Waals surface area (Å²) < 4.78 is 0. The number of rotatable bonds is 2. The monoisotopic (exact) mass is 337 g/mol. The van der Waals surface area contributed by atoms with Crippen LogP contribution in [0.4, 0.5) is 0 Å². The molecule has 2 aromatic rings. The van der Waals surface area contributed by atoms with E-state index < -0.39 is 0 Å². The molecule has 0 saturated carbocycles. The van der Waals surface area contributed by atoms with Crippen molar-refractivity contribution >= 4 is 17.7 Å². The lowest BCUT2D eigenvalue weighted by molar-refractivity contribution is -0.125. The Balaban J connectivity index is 1.70. The van der Waals surface area contributed by atoms with E-state index >= 15 is 0 Å². The number of aryl methyl sites for hydroxylation is 1. The Morgan fingerprint density at radius 2 is 1.83 bits per heavy atom. The Labute approximate surface area is 148 Å². The predicted molar refractivity (Wildman–Crippen MR) is 100 cm³/mol. The zero-order chi connectivity index (χ0) is 16.7. The number of hydrogen-bond donors (Lipinski definition) is 1. The summed E-state index contributed by atoms with van der Waals surface area (Å²) in [6.07, 6.45) is 5.80. The van der Waals surface area contributed by atoms with Gasteiger partial charge in [-0.1, -0.05) is 37.3 Å². The lowest BCUT2D eigenvalue weighted by atomic mass is 9.64. The Hall–Kier alpha value is -1.74. The van der Waals surface area contributed by atoms with Crippen molar-refractivity contribution in [3.63, 3.8) is 0 Å². The Kier molecular flexibility index (Phi) is 3.92. The van der Waals surface area contributed by atoms with Gasteiger partial charge in [-0.25, -0.2) is 0 Å². The van der Waals surface area contributed by atoms with Crippen LogP contribution in [0.5, 0.6) is 0 Å². The predicted octanol–water partition coefficient (Wildman–Crippen LogP) is 4.56. The molecule has 2 aliphatic rings. The average molecular weight is 337 g/mol. The van der Waals surface area contributed by atoms with Crippen LogP contribution in [0.2, 0.25) is 0 Å². The van der Waals surface area contributed by atoms with Crippen LogP contribution in [0.1, 0.15) is 37.3 Å². The third-order valence-electron chi connectivity index (χ3n) is 5.82. The van der Waals surface area contributed by atoms with E-state index in [1.54, 1.807) is 11.8 Å². The molecule has 1 amide bonds. The topological polar surface area (TPSA) is 29.1 Å². The first-order valence-corrected chi connectivity index (χ1v) is 9.90. The highest BCUT2D eigenvalue weighted by Gasteiger charge is 2.43. The second kappa shape index (κ2) is 5.96. The highest BCUT2D eigenvalue weighted by Crippen LogP contribution is 2.43. The largest absolute Gasteiger partial charge is 0.352 e. The number of hydrogen-bond acceptors (Lipinski definition) is 2. The maximum atomic E-state index is 11.8. The van der Waals surface area contributed by atoms with Crippen molar-refractivity contribution in [1.82, 2.24) is 5.32 Å². The van der Waals surface area contributed by atoms with Crippen molar-refractivity contribution in [2.24, 2.45) is 0 Å². The molecular weight excluding hydrogens is 314 g/mol. The Bertz CT molecular complexity index is 783. The lowest BCUT2D eigenvalue weighted by Crippen LogP contribution is -2.55. The van der Waals surface area contributed by atoms with Gasteiger partial charge in [-0.15, -0.1) is 11.8 Å². The number of carbonyl (C=O) groups excluding carboxylic acids is 1. The fourth-order valence-electron chi connectivity index (χ4n) is 4.31. The molecule has 1 aliphatic carbocycles. The van der Waals surface area contributed by atoms with E-state index in [1.807, 2.05) is 0 Å². The molecule has 24 heavy (non-hydrogen) atoms. The van der Waals surface area contributed by atoms with Gasteiger partial charge in [-0.3, -0.25) is 4.79 Å². The van der Waals surface area contributed by atoms with E-state index in [4.69, 9.17) is 0 Å². The highest BCUT2D eigenvalue weighted by molar-refractivity contribution is 7.98. The quantitative estimate of drug-likeness (QED) is 0.814. The standard InChI is InChI=1S/C21H23NOS/c1-21-12-11-20(23)22-19(21)10-6-16-13-15(5-9-18(16)21)14-3-7-17(24-2)8-4-14/h3-5,7-9,13,19H,6,10-12H2,1-2H3,(H,22,23)/t19-,21-/m1/s1. The summed E-state index contributed by atoms with van der Waals surface area (Å²) in [7, 11) is 0. The molecule has 1 saturated heterocycles. The SMILES string of the molecule is CSc1ccc(-c2ccc3c(c2)CC[C@H]2NC(=O)CC[C@]32C)cc1. The van der Waals surface area contributed by atoms with Crippen LogP contribution in [0, 0.1) is 0 Å². The molecule has 0 unspecified atom stereocenters. The van der Waals surface area contributed by atoms with Crippen molar-refractivity contribution in [3.8, 4) is 11.1 Å². The van der Waals surface area contributed by atoms with Crippen molar-refractivity contribution in [2.75, 3.05) is 6.26 Å². The normalized spacial score (nSPS) is 25.6. The third-order valence-corrected chi connectivity index (χ3v) is 6.57. The third kappa shape index (κ3) is 2.55. The zero-order valence-corrected chi connectivity index (χ0v) is 15.1. The fraction of sp³-hybridized carbons (Fsp3) is 0.381. The van der Waals surface area contributed by atoms with Gasteiger partial charge in [0.15, 0.2) is 0 Å². The summed E-state index contributed by atoms with van der Waals surface area (Å²) in [6.45, 7) is 2.32. The number of piperidine rings is 1. The first kappa shape index (κ1) is 15.8. The molecule has 1 aliphatic heterocycles. The number of thioether (sulfide) groups is 1. The van der Waals surface area contributed by atoms with Gasteiger partial charge in [0.2, 0.25) is 5.91 Å². The molecule has 124 valence electrons. The summed E-state index contributed by atoms with van der Waals surface area (Å²) in [4.78, 5) is 13.0. The maximum Gasteiger partial charge on any atom is 0.220 e. The van der Waals surface area contributed by atoms with E-state index in [2.05, 4.69) is 61.0 Å². The van der Waals surface area contributed by atoms with Gasteiger partial charge in [0.25, 0.3) is 0 Å². The molecule has 0 bridgehead atoms. The van der Waals surface area contributed by atoms with E-state index in [1.165, 1.54) is 27.1 Å². The average Bonchev–Trinajstić information content (AvgIpc) is 2.62.